The van der Waals surface area contributed by atoms with E-state index in [0.717, 1.165) is 16.6 Å². The number of hydrogen-bond acceptors (Lipinski definition) is 4. The van der Waals surface area contributed by atoms with Crippen LogP contribution >= 0.6 is 22.9 Å². The van der Waals surface area contributed by atoms with E-state index >= 15 is 0 Å². The molecule has 1 unspecified atom stereocenters. The molecule has 138 valence electrons. The van der Waals surface area contributed by atoms with Gasteiger partial charge in [-0.25, -0.2) is 9.97 Å². The predicted octanol–water partition coefficient (Wildman–Crippen LogP) is 4.86. The van der Waals surface area contributed by atoms with Crippen molar-refractivity contribution in [3.63, 3.8) is 0 Å². The first kappa shape index (κ1) is 18.2. The van der Waals surface area contributed by atoms with Crippen molar-refractivity contribution in [1.82, 2.24) is 15.0 Å². The summed E-state index contributed by atoms with van der Waals surface area (Å²) in [6, 6.07) is 12.7. The zero-order valence-electron chi connectivity index (χ0n) is 14.9. The molecule has 0 saturated heterocycles. The molecule has 2 heterocycles. The third-order valence-corrected chi connectivity index (χ3v) is 5.64. The van der Waals surface area contributed by atoms with Gasteiger partial charge in [0.25, 0.3) is 5.91 Å². The van der Waals surface area contributed by atoms with Gasteiger partial charge in [0, 0.05) is 16.0 Å². The molecule has 2 N–H and O–H groups in total. The largest absolute Gasteiger partial charge is 0.345 e. The lowest BCUT2D eigenvalue weighted by atomic mass is 9.81. The monoisotopic (exact) mass is 406 g/mol. The van der Waals surface area contributed by atoms with Crippen LogP contribution in [-0.4, -0.2) is 20.9 Å². The molecule has 0 bridgehead atoms. The van der Waals surface area contributed by atoms with Crippen molar-refractivity contribution < 1.29 is 4.79 Å². The van der Waals surface area contributed by atoms with Gasteiger partial charge in [0.1, 0.15) is 0 Å². The molecule has 0 spiro atoms. The number of nitrogens with zero attached hydrogens (tertiary/aromatic N) is 2. The van der Waals surface area contributed by atoms with E-state index in [0.29, 0.717) is 21.4 Å². The maximum atomic E-state index is 12.6. The van der Waals surface area contributed by atoms with Crippen molar-refractivity contribution in [2.45, 2.75) is 12.3 Å². The van der Waals surface area contributed by atoms with Crippen LogP contribution in [0.25, 0.3) is 11.0 Å². The summed E-state index contributed by atoms with van der Waals surface area (Å²) in [5, 5.41) is 5.83. The van der Waals surface area contributed by atoms with Crippen LogP contribution in [0.1, 0.15) is 28.5 Å². The van der Waals surface area contributed by atoms with E-state index in [4.69, 9.17) is 18.0 Å². The lowest BCUT2D eigenvalue weighted by Gasteiger charge is -2.22. The van der Waals surface area contributed by atoms with Crippen molar-refractivity contribution in [1.29, 1.82) is 0 Å². The minimum Gasteiger partial charge on any atom is -0.345 e. The van der Waals surface area contributed by atoms with Crippen LogP contribution in [0.3, 0.4) is 0 Å². The Morgan fingerprint density at radius 2 is 2.07 bits per heavy atom. The van der Waals surface area contributed by atoms with Crippen molar-refractivity contribution in [2.75, 3.05) is 5.32 Å². The fourth-order valence-corrected chi connectivity index (χ4v) is 3.84. The summed E-state index contributed by atoms with van der Waals surface area (Å²) in [6.45, 7) is 1.92. The minimum absolute atomic E-state index is 0.244. The number of rotatable bonds is 4. The first-order valence-electron chi connectivity index (χ1n) is 8.44. The van der Waals surface area contributed by atoms with Gasteiger partial charge in [-0.15, -0.1) is 17.8 Å². The zero-order valence-corrected chi connectivity index (χ0v) is 16.4. The summed E-state index contributed by atoms with van der Waals surface area (Å²) in [6.07, 6.45) is 7.43. The van der Waals surface area contributed by atoms with Gasteiger partial charge in [-0.3, -0.25) is 10.1 Å². The Morgan fingerprint density at radius 3 is 2.82 bits per heavy atom. The molecular formula is C21H15ClN4OS. The second-order valence-corrected chi connectivity index (χ2v) is 7.70. The molecule has 1 amide bonds. The number of thiazole rings is 1. The molecule has 28 heavy (non-hydrogen) atoms. The number of aromatic nitrogens is 3. The van der Waals surface area contributed by atoms with E-state index in [1.54, 1.807) is 36.7 Å². The van der Waals surface area contributed by atoms with Gasteiger partial charge in [-0.1, -0.05) is 29.7 Å². The lowest BCUT2D eigenvalue weighted by Crippen LogP contribution is -2.22. The van der Waals surface area contributed by atoms with Crippen LogP contribution in [0, 0.1) is 12.3 Å². The quantitative estimate of drug-likeness (QED) is 0.475. The van der Waals surface area contributed by atoms with Crippen LogP contribution in [0.5, 0.6) is 0 Å². The van der Waals surface area contributed by atoms with E-state index in [9.17, 15) is 4.79 Å². The summed E-state index contributed by atoms with van der Waals surface area (Å²) >= 11 is 7.31. The SMILES string of the molecule is C#CC(C)(c1ccc(Cl)cc1)c1csc(NC(=O)c2ccc3nc[nH]c3c2)n1. The second kappa shape index (κ2) is 7.12. The molecule has 0 saturated carbocycles. The molecule has 4 rings (SSSR count). The Labute approximate surface area is 170 Å². The molecule has 1 atom stereocenters. The highest BCUT2D eigenvalue weighted by Gasteiger charge is 2.29. The number of terminal acetylenes is 1. The Balaban J connectivity index is 1.58. The maximum Gasteiger partial charge on any atom is 0.257 e. The number of aromatic amines is 1. The maximum absolute atomic E-state index is 12.6. The van der Waals surface area contributed by atoms with Gasteiger partial charge in [0.2, 0.25) is 0 Å². The first-order valence-corrected chi connectivity index (χ1v) is 9.69. The number of H-pyrrole nitrogens is 1. The number of benzene rings is 2. The van der Waals surface area contributed by atoms with Gasteiger partial charge in [-0.05, 0) is 42.8 Å². The highest BCUT2D eigenvalue weighted by Crippen LogP contribution is 2.34. The van der Waals surface area contributed by atoms with Crippen molar-refractivity contribution in [2.24, 2.45) is 0 Å². The van der Waals surface area contributed by atoms with E-state index < -0.39 is 5.41 Å². The van der Waals surface area contributed by atoms with E-state index in [2.05, 4.69) is 26.2 Å². The fourth-order valence-electron chi connectivity index (χ4n) is 2.90. The molecule has 4 aromatic rings. The number of hydrogen-bond donors (Lipinski definition) is 2. The predicted molar refractivity (Wildman–Crippen MR) is 113 cm³/mol. The molecule has 0 aliphatic heterocycles. The average Bonchev–Trinajstić information content (AvgIpc) is 3.36. The molecule has 0 fully saturated rings. The third-order valence-electron chi connectivity index (χ3n) is 4.63. The Hall–Kier alpha value is -3.14. The minimum atomic E-state index is -0.723. The number of carbonyl (C=O) groups excluding carboxylic acids is 1. The summed E-state index contributed by atoms with van der Waals surface area (Å²) < 4.78 is 0. The standard InChI is InChI=1S/C21H15ClN4OS/c1-3-21(2,14-5-7-15(22)8-6-14)18-11-28-20(25-18)26-19(27)13-4-9-16-17(10-13)24-12-23-16/h1,4-12H,2H3,(H,23,24)(H,25,26,27). The van der Waals surface area contributed by atoms with Gasteiger partial charge in [-0.2, -0.15) is 0 Å². The van der Waals surface area contributed by atoms with Crippen LogP contribution in [0.4, 0.5) is 5.13 Å². The van der Waals surface area contributed by atoms with Crippen LogP contribution in [0.15, 0.2) is 54.2 Å². The zero-order chi connectivity index (χ0) is 19.7. The molecule has 2 aromatic heterocycles. The topological polar surface area (TPSA) is 70.7 Å². The lowest BCUT2D eigenvalue weighted by molar-refractivity contribution is 0.102. The Kier molecular flexibility index (Phi) is 4.63. The average molecular weight is 407 g/mol. The van der Waals surface area contributed by atoms with Crippen molar-refractivity contribution in [3.05, 3.63) is 76.0 Å². The number of amides is 1. The van der Waals surface area contributed by atoms with Crippen LogP contribution in [0.2, 0.25) is 5.02 Å². The second-order valence-electron chi connectivity index (χ2n) is 6.40. The normalized spacial score (nSPS) is 13.0. The molecule has 7 heteroatoms. The summed E-state index contributed by atoms with van der Waals surface area (Å²) in [4.78, 5) is 24.3. The van der Waals surface area contributed by atoms with Gasteiger partial charge in [0.15, 0.2) is 5.13 Å². The smallest absolute Gasteiger partial charge is 0.257 e. The number of imidazole rings is 1. The highest BCUT2D eigenvalue weighted by atomic mass is 35.5. The van der Waals surface area contributed by atoms with Gasteiger partial charge >= 0.3 is 0 Å². The van der Waals surface area contributed by atoms with E-state index in [1.807, 2.05) is 24.4 Å². The number of nitrogens with one attached hydrogen (secondary N) is 2. The fraction of sp³-hybridized carbons (Fsp3) is 0.0952. The first-order chi connectivity index (χ1) is 13.5. The molecule has 0 radical (unpaired) electrons. The number of carbonyl (C=O) groups is 1. The Morgan fingerprint density at radius 1 is 1.29 bits per heavy atom. The van der Waals surface area contributed by atoms with Crippen LogP contribution in [-0.2, 0) is 5.41 Å². The molecule has 5 nitrogen and oxygen atoms in total. The summed E-state index contributed by atoms with van der Waals surface area (Å²) in [7, 11) is 0. The highest BCUT2D eigenvalue weighted by molar-refractivity contribution is 7.14. The molecule has 0 aliphatic carbocycles. The summed E-state index contributed by atoms with van der Waals surface area (Å²) in [5.41, 5.74) is 3.01. The summed E-state index contributed by atoms with van der Waals surface area (Å²) in [5.74, 6) is 2.58. The van der Waals surface area contributed by atoms with Crippen molar-refractivity contribution >= 4 is 45.0 Å². The Bertz CT molecular complexity index is 1210. The number of fused-ring (bicyclic) bond motifs is 1. The molecule has 0 aliphatic rings. The van der Waals surface area contributed by atoms with E-state index in [1.165, 1.54) is 11.3 Å². The van der Waals surface area contributed by atoms with Gasteiger partial charge < -0.3 is 4.98 Å². The molecule has 2 aromatic carbocycles. The third kappa shape index (κ3) is 3.26. The number of anilines is 1. The molecular weight excluding hydrogens is 392 g/mol. The van der Waals surface area contributed by atoms with Crippen molar-refractivity contribution in [3.8, 4) is 12.3 Å². The van der Waals surface area contributed by atoms with E-state index in [-0.39, 0.29) is 5.91 Å². The number of halogens is 1. The van der Waals surface area contributed by atoms with Crippen LogP contribution < -0.4 is 5.32 Å². The van der Waals surface area contributed by atoms with Gasteiger partial charge in [0.05, 0.1) is 28.5 Å².